The molecule has 3 aromatic rings. The monoisotopic (exact) mass is 365 g/mol. The zero-order chi connectivity index (χ0) is 18.5. The standard InChI is InChI=1S/C20H15NO6/c1-24-11-2-3-15-10(4-11)5-14(20(23)21-15)12-7-19(22)27-16-8-18-17(6-13(12)16)25-9-26-18/h2-6,8,12H,7,9H2,1H3,(H,21,23). The molecule has 27 heavy (non-hydrogen) atoms. The van der Waals surface area contributed by atoms with Crippen molar-refractivity contribution in [2.75, 3.05) is 13.9 Å². The first-order chi connectivity index (χ1) is 13.1. The first-order valence-corrected chi connectivity index (χ1v) is 8.47. The Hall–Kier alpha value is -3.48. The van der Waals surface area contributed by atoms with Crippen LogP contribution in [-0.2, 0) is 4.79 Å². The van der Waals surface area contributed by atoms with Gasteiger partial charge in [-0.1, -0.05) is 0 Å². The predicted molar refractivity (Wildman–Crippen MR) is 95.8 cm³/mol. The van der Waals surface area contributed by atoms with Crippen LogP contribution in [0.4, 0.5) is 0 Å². The average molecular weight is 365 g/mol. The second-order valence-corrected chi connectivity index (χ2v) is 6.48. The zero-order valence-electron chi connectivity index (χ0n) is 14.4. The summed E-state index contributed by atoms with van der Waals surface area (Å²) in [4.78, 5) is 27.8. The Morgan fingerprint density at radius 3 is 2.63 bits per heavy atom. The van der Waals surface area contributed by atoms with Crippen LogP contribution in [0, 0.1) is 0 Å². The molecule has 2 aromatic carbocycles. The van der Waals surface area contributed by atoms with Crippen LogP contribution in [0.15, 0.2) is 41.2 Å². The minimum absolute atomic E-state index is 0.0746. The fourth-order valence-electron chi connectivity index (χ4n) is 3.61. The second-order valence-electron chi connectivity index (χ2n) is 6.48. The fraction of sp³-hybridized carbons (Fsp3) is 0.200. The number of nitrogens with one attached hydrogen (secondary N) is 1. The summed E-state index contributed by atoms with van der Waals surface area (Å²) in [6, 6.07) is 10.6. The van der Waals surface area contributed by atoms with Crippen LogP contribution in [0.3, 0.4) is 0 Å². The molecule has 136 valence electrons. The Bertz CT molecular complexity index is 1150. The first-order valence-electron chi connectivity index (χ1n) is 8.47. The van der Waals surface area contributed by atoms with Crippen molar-refractivity contribution in [3.05, 3.63) is 57.9 Å². The number of aromatic nitrogens is 1. The highest BCUT2D eigenvalue weighted by Gasteiger charge is 2.33. The van der Waals surface area contributed by atoms with Gasteiger partial charge in [-0.3, -0.25) is 9.59 Å². The molecule has 0 saturated heterocycles. The molecule has 1 N–H and O–H groups in total. The molecule has 1 atom stereocenters. The maximum atomic E-state index is 12.7. The molecule has 0 spiro atoms. The summed E-state index contributed by atoms with van der Waals surface area (Å²) in [6.07, 6.45) is 0.0746. The molecular formula is C20H15NO6. The largest absolute Gasteiger partial charge is 0.497 e. The number of fused-ring (bicyclic) bond motifs is 3. The quantitative estimate of drug-likeness (QED) is 0.555. The molecule has 2 aliphatic rings. The third-order valence-corrected chi connectivity index (χ3v) is 4.93. The van der Waals surface area contributed by atoms with Crippen molar-refractivity contribution in [2.24, 2.45) is 0 Å². The van der Waals surface area contributed by atoms with E-state index in [1.807, 2.05) is 6.07 Å². The van der Waals surface area contributed by atoms with Crippen LogP contribution in [0.5, 0.6) is 23.0 Å². The third-order valence-electron chi connectivity index (χ3n) is 4.93. The molecule has 0 amide bonds. The lowest BCUT2D eigenvalue weighted by Crippen LogP contribution is -2.25. The number of ether oxygens (including phenoxy) is 4. The number of carbonyl (C=O) groups is 1. The lowest BCUT2D eigenvalue weighted by Gasteiger charge is -2.24. The highest BCUT2D eigenvalue weighted by Crippen LogP contribution is 2.45. The number of hydrogen-bond acceptors (Lipinski definition) is 6. The lowest BCUT2D eigenvalue weighted by molar-refractivity contribution is -0.135. The van der Waals surface area contributed by atoms with Crippen LogP contribution in [0.2, 0.25) is 0 Å². The summed E-state index contributed by atoms with van der Waals surface area (Å²) in [5.41, 5.74) is 1.68. The Morgan fingerprint density at radius 2 is 1.81 bits per heavy atom. The van der Waals surface area contributed by atoms with Gasteiger partial charge in [0.2, 0.25) is 6.79 Å². The van der Waals surface area contributed by atoms with Crippen molar-refractivity contribution < 1.29 is 23.7 Å². The van der Waals surface area contributed by atoms with Crippen LogP contribution < -0.4 is 24.5 Å². The lowest BCUT2D eigenvalue weighted by atomic mass is 9.86. The molecule has 0 saturated carbocycles. The van der Waals surface area contributed by atoms with Crippen molar-refractivity contribution in [3.8, 4) is 23.0 Å². The van der Waals surface area contributed by atoms with E-state index in [9.17, 15) is 9.59 Å². The van der Waals surface area contributed by atoms with Gasteiger partial charge in [-0.2, -0.15) is 0 Å². The Balaban J connectivity index is 1.69. The summed E-state index contributed by atoms with van der Waals surface area (Å²) in [6.45, 7) is 0.118. The van der Waals surface area contributed by atoms with Gasteiger partial charge in [0.25, 0.3) is 5.56 Å². The average Bonchev–Trinajstić information content (AvgIpc) is 3.12. The maximum absolute atomic E-state index is 12.7. The van der Waals surface area contributed by atoms with Crippen LogP contribution >= 0.6 is 0 Å². The van der Waals surface area contributed by atoms with E-state index in [0.29, 0.717) is 34.1 Å². The van der Waals surface area contributed by atoms with E-state index in [4.69, 9.17) is 18.9 Å². The maximum Gasteiger partial charge on any atom is 0.312 e. The molecule has 1 aromatic heterocycles. The van der Waals surface area contributed by atoms with Gasteiger partial charge in [-0.15, -0.1) is 0 Å². The fourth-order valence-corrected chi connectivity index (χ4v) is 3.61. The molecule has 0 radical (unpaired) electrons. The molecular weight excluding hydrogens is 350 g/mol. The molecule has 1 unspecified atom stereocenters. The summed E-state index contributed by atoms with van der Waals surface area (Å²) in [7, 11) is 1.59. The number of esters is 1. The summed E-state index contributed by atoms with van der Waals surface area (Å²) >= 11 is 0. The topological polar surface area (TPSA) is 86.9 Å². The van der Waals surface area contributed by atoms with Crippen LogP contribution in [0.25, 0.3) is 10.9 Å². The third kappa shape index (κ3) is 2.51. The van der Waals surface area contributed by atoms with Crippen molar-refractivity contribution in [1.82, 2.24) is 4.98 Å². The Morgan fingerprint density at radius 1 is 1.00 bits per heavy atom. The van der Waals surface area contributed by atoms with Gasteiger partial charge in [-0.25, -0.2) is 0 Å². The van der Waals surface area contributed by atoms with Crippen molar-refractivity contribution in [1.29, 1.82) is 0 Å². The van der Waals surface area contributed by atoms with Crippen LogP contribution in [-0.4, -0.2) is 24.9 Å². The smallest absolute Gasteiger partial charge is 0.312 e. The molecule has 5 rings (SSSR count). The predicted octanol–water partition coefficient (Wildman–Crippen LogP) is 2.71. The number of hydrogen-bond donors (Lipinski definition) is 1. The summed E-state index contributed by atoms with van der Waals surface area (Å²) in [5, 5.41) is 0.824. The molecule has 0 aliphatic carbocycles. The highest BCUT2D eigenvalue weighted by molar-refractivity contribution is 5.82. The minimum Gasteiger partial charge on any atom is -0.497 e. The van der Waals surface area contributed by atoms with Crippen molar-refractivity contribution >= 4 is 16.9 Å². The van der Waals surface area contributed by atoms with Gasteiger partial charge in [0.15, 0.2) is 11.5 Å². The van der Waals surface area contributed by atoms with Crippen LogP contribution in [0.1, 0.15) is 23.5 Å². The Labute approximate surface area is 153 Å². The zero-order valence-corrected chi connectivity index (χ0v) is 14.4. The minimum atomic E-state index is -0.435. The number of carbonyl (C=O) groups excluding carboxylic acids is 1. The second kappa shape index (κ2) is 5.77. The van der Waals surface area contributed by atoms with E-state index in [1.54, 1.807) is 37.4 Å². The number of H-pyrrole nitrogens is 1. The van der Waals surface area contributed by atoms with E-state index >= 15 is 0 Å². The number of benzene rings is 2. The van der Waals surface area contributed by atoms with E-state index < -0.39 is 11.9 Å². The van der Waals surface area contributed by atoms with E-state index in [2.05, 4.69) is 4.98 Å². The Kier molecular flexibility index (Phi) is 3.36. The molecule has 3 heterocycles. The van der Waals surface area contributed by atoms with E-state index in [1.165, 1.54) is 0 Å². The molecule has 7 nitrogen and oxygen atoms in total. The van der Waals surface area contributed by atoms with E-state index in [0.717, 1.165) is 10.9 Å². The number of methoxy groups -OCH3 is 1. The molecule has 0 fully saturated rings. The van der Waals surface area contributed by atoms with E-state index in [-0.39, 0.29) is 18.8 Å². The van der Waals surface area contributed by atoms with Gasteiger partial charge >= 0.3 is 5.97 Å². The SMILES string of the molecule is COc1ccc2[nH]c(=O)c(C3CC(=O)Oc4cc5c(cc43)OCO5)cc2c1. The van der Waals surface area contributed by atoms with Crippen molar-refractivity contribution in [3.63, 3.8) is 0 Å². The van der Waals surface area contributed by atoms with Gasteiger partial charge in [0, 0.05) is 34.0 Å². The molecule has 7 heteroatoms. The van der Waals surface area contributed by atoms with Gasteiger partial charge in [0.05, 0.1) is 13.5 Å². The highest BCUT2D eigenvalue weighted by atomic mass is 16.7. The van der Waals surface area contributed by atoms with Gasteiger partial charge < -0.3 is 23.9 Å². The number of pyridine rings is 1. The summed E-state index contributed by atoms with van der Waals surface area (Å²) < 4.78 is 21.4. The van der Waals surface area contributed by atoms with Crippen molar-refractivity contribution in [2.45, 2.75) is 12.3 Å². The normalized spacial score (nSPS) is 17.5. The van der Waals surface area contributed by atoms with Gasteiger partial charge in [-0.05, 0) is 30.3 Å². The van der Waals surface area contributed by atoms with Gasteiger partial charge in [0.1, 0.15) is 11.5 Å². The molecule has 0 bridgehead atoms. The summed E-state index contributed by atoms with van der Waals surface area (Å²) in [5.74, 6) is 1.36. The molecule has 2 aliphatic heterocycles. The first kappa shape index (κ1) is 15.7. The number of rotatable bonds is 2. The number of aromatic amines is 1.